The SMILES string of the molecule is COCc1nc(C)c(C(=O)OC2CCC=C(C#N)C2)s1. The van der Waals surface area contributed by atoms with Crippen molar-refractivity contribution in [2.75, 3.05) is 7.11 Å². The zero-order valence-corrected chi connectivity index (χ0v) is 12.3. The minimum atomic E-state index is -0.355. The standard InChI is InChI=1S/C14H16N2O3S/c1-9-13(20-12(16-9)8-18-2)14(17)19-11-5-3-4-10(6-11)7-15/h4,11H,3,5-6,8H2,1-2H3. The van der Waals surface area contributed by atoms with Gasteiger partial charge in [0, 0.05) is 19.1 Å². The topological polar surface area (TPSA) is 72.2 Å². The third-order valence-electron chi connectivity index (χ3n) is 3.04. The Morgan fingerprint density at radius 1 is 1.65 bits per heavy atom. The number of nitriles is 1. The first kappa shape index (κ1) is 14.7. The number of methoxy groups -OCH3 is 1. The summed E-state index contributed by atoms with van der Waals surface area (Å²) in [7, 11) is 1.59. The summed E-state index contributed by atoms with van der Waals surface area (Å²) >= 11 is 1.30. The lowest BCUT2D eigenvalue weighted by Crippen LogP contribution is -2.20. The maximum atomic E-state index is 12.2. The maximum absolute atomic E-state index is 12.2. The second-order valence-corrected chi connectivity index (χ2v) is 5.69. The summed E-state index contributed by atoms with van der Waals surface area (Å²) in [4.78, 5) is 16.9. The summed E-state index contributed by atoms with van der Waals surface area (Å²) in [6.07, 6.45) is 3.73. The number of thiazole rings is 1. The molecule has 106 valence electrons. The van der Waals surface area contributed by atoms with Gasteiger partial charge in [0.05, 0.1) is 18.4 Å². The van der Waals surface area contributed by atoms with Crippen molar-refractivity contribution in [1.29, 1.82) is 5.26 Å². The number of aromatic nitrogens is 1. The van der Waals surface area contributed by atoms with E-state index < -0.39 is 0 Å². The predicted octanol–water partition coefficient (Wildman–Crippen LogP) is 2.76. The molecule has 0 saturated heterocycles. The van der Waals surface area contributed by atoms with E-state index >= 15 is 0 Å². The van der Waals surface area contributed by atoms with Gasteiger partial charge in [0.2, 0.25) is 0 Å². The highest BCUT2D eigenvalue weighted by Gasteiger charge is 2.23. The lowest BCUT2D eigenvalue weighted by Gasteiger charge is -2.19. The lowest BCUT2D eigenvalue weighted by atomic mass is 9.98. The third kappa shape index (κ3) is 3.44. The monoisotopic (exact) mass is 292 g/mol. The second kappa shape index (κ2) is 6.64. The van der Waals surface area contributed by atoms with Crippen molar-refractivity contribution >= 4 is 17.3 Å². The fourth-order valence-electron chi connectivity index (χ4n) is 2.10. The van der Waals surface area contributed by atoms with Crippen LogP contribution in [0.15, 0.2) is 11.6 Å². The van der Waals surface area contributed by atoms with Gasteiger partial charge in [-0.2, -0.15) is 5.26 Å². The highest BCUT2D eigenvalue weighted by atomic mass is 32.1. The van der Waals surface area contributed by atoms with Gasteiger partial charge in [0.25, 0.3) is 0 Å². The molecule has 0 aromatic carbocycles. The van der Waals surface area contributed by atoms with E-state index in [1.807, 2.05) is 6.08 Å². The Morgan fingerprint density at radius 3 is 3.15 bits per heavy atom. The fourth-order valence-corrected chi connectivity index (χ4v) is 3.02. The molecule has 2 rings (SSSR count). The molecule has 1 unspecified atom stereocenters. The molecule has 1 aliphatic carbocycles. The Kier molecular flexibility index (Phi) is 4.88. The number of carbonyl (C=O) groups is 1. The molecular weight excluding hydrogens is 276 g/mol. The molecule has 1 heterocycles. The molecule has 1 aromatic heterocycles. The second-order valence-electron chi connectivity index (χ2n) is 4.61. The van der Waals surface area contributed by atoms with Gasteiger partial charge in [-0.3, -0.25) is 0 Å². The molecule has 5 nitrogen and oxygen atoms in total. The quantitative estimate of drug-likeness (QED) is 0.798. The number of carbonyl (C=O) groups excluding carboxylic acids is 1. The molecule has 0 bridgehead atoms. The van der Waals surface area contributed by atoms with Crippen LogP contribution >= 0.6 is 11.3 Å². The van der Waals surface area contributed by atoms with E-state index in [0.29, 0.717) is 29.2 Å². The van der Waals surface area contributed by atoms with Crippen LogP contribution in [0.3, 0.4) is 0 Å². The highest BCUT2D eigenvalue weighted by molar-refractivity contribution is 7.13. The first-order valence-electron chi connectivity index (χ1n) is 6.39. The van der Waals surface area contributed by atoms with Gasteiger partial charge in [-0.15, -0.1) is 11.3 Å². The van der Waals surface area contributed by atoms with Crippen LogP contribution in [0.1, 0.15) is 39.6 Å². The summed E-state index contributed by atoms with van der Waals surface area (Å²) in [5.41, 5.74) is 1.36. The Balaban J connectivity index is 2.02. The number of hydrogen-bond acceptors (Lipinski definition) is 6. The minimum Gasteiger partial charge on any atom is -0.458 e. The van der Waals surface area contributed by atoms with Crippen LogP contribution in [0, 0.1) is 18.3 Å². The molecule has 0 amide bonds. The van der Waals surface area contributed by atoms with Crippen LogP contribution in [-0.2, 0) is 16.1 Å². The number of ether oxygens (including phenoxy) is 2. The van der Waals surface area contributed by atoms with E-state index in [9.17, 15) is 4.79 Å². The summed E-state index contributed by atoms with van der Waals surface area (Å²) in [5, 5.41) is 9.65. The zero-order valence-electron chi connectivity index (χ0n) is 11.5. The summed E-state index contributed by atoms with van der Waals surface area (Å²) in [6, 6.07) is 2.12. The zero-order chi connectivity index (χ0) is 14.5. The first-order valence-corrected chi connectivity index (χ1v) is 7.21. The van der Waals surface area contributed by atoms with E-state index in [-0.39, 0.29) is 12.1 Å². The molecule has 0 saturated carbocycles. The summed E-state index contributed by atoms with van der Waals surface area (Å²) in [5.74, 6) is -0.355. The summed E-state index contributed by atoms with van der Waals surface area (Å²) in [6.45, 7) is 2.18. The minimum absolute atomic E-state index is 0.213. The van der Waals surface area contributed by atoms with E-state index in [1.165, 1.54) is 11.3 Å². The number of rotatable bonds is 4. The van der Waals surface area contributed by atoms with Gasteiger partial charge in [0.1, 0.15) is 16.0 Å². The van der Waals surface area contributed by atoms with E-state index in [2.05, 4.69) is 11.1 Å². The third-order valence-corrected chi connectivity index (χ3v) is 4.15. The van der Waals surface area contributed by atoms with Gasteiger partial charge < -0.3 is 9.47 Å². The Bertz CT molecular complexity index is 571. The van der Waals surface area contributed by atoms with Crippen molar-refractivity contribution in [2.24, 2.45) is 0 Å². The maximum Gasteiger partial charge on any atom is 0.350 e. The van der Waals surface area contributed by atoms with Crippen LogP contribution < -0.4 is 0 Å². The molecular formula is C14H16N2O3S. The van der Waals surface area contributed by atoms with Crippen LogP contribution in [0.4, 0.5) is 0 Å². The van der Waals surface area contributed by atoms with Crippen molar-refractivity contribution in [1.82, 2.24) is 4.98 Å². The molecule has 6 heteroatoms. The molecule has 1 aliphatic rings. The van der Waals surface area contributed by atoms with Gasteiger partial charge in [-0.1, -0.05) is 6.08 Å². The van der Waals surface area contributed by atoms with Crippen molar-refractivity contribution in [3.05, 3.63) is 27.2 Å². The van der Waals surface area contributed by atoms with E-state index in [4.69, 9.17) is 14.7 Å². The van der Waals surface area contributed by atoms with Crippen molar-refractivity contribution < 1.29 is 14.3 Å². The van der Waals surface area contributed by atoms with Crippen molar-refractivity contribution in [2.45, 2.75) is 38.9 Å². The lowest BCUT2D eigenvalue weighted by molar-refractivity contribution is 0.0282. The fraction of sp³-hybridized carbons (Fsp3) is 0.500. The molecule has 0 spiro atoms. The van der Waals surface area contributed by atoms with E-state index in [0.717, 1.165) is 17.8 Å². The number of allylic oxidation sites excluding steroid dienone is 1. The van der Waals surface area contributed by atoms with E-state index in [1.54, 1.807) is 14.0 Å². The molecule has 0 N–H and O–H groups in total. The molecule has 0 fully saturated rings. The highest BCUT2D eigenvalue weighted by Crippen LogP contribution is 2.24. The van der Waals surface area contributed by atoms with Gasteiger partial charge in [0.15, 0.2) is 0 Å². The molecule has 0 radical (unpaired) electrons. The molecule has 0 aliphatic heterocycles. The van der Waals surface area contributed by atoms with Gasteiger partial charge >= 0.3 is 5.97 Å². The first-order chi connectivity index (χ1) is 9.63. The average Bonchev–Trinajstić information content (AvgIpc) is 2.80. The van der Waals surface area contributed by atoms with Crippen molar-refractivity contribution in [3.8, 4) is 6.07 Å². The molecule has 1 aromatic rings. The normalized spacial score (nSPS) is 18.2. The Morgan fingerprint density at radius 2 is 2.45 bits per heavy atom. The van der Waals surface area contributed by atoms with Gasteiger partial charge in [-0.05, 0) is 19.8 Å². The average molecular weight is 292 g/mol. The Hall–Kier alpha value is -1.71. The smallest absolute Gasteiger partial charge is 0.350 e. The number of aryl methyl sites for hydroxylation is 1. The molecule has 20 heavy (non-hydrogen) atoms. The van der Waals surface area contributed by atoms with Crippen LogP contribution in [0.2, 0.25) is 0 Å². The molecule has 1 atom stereocenters. The number of hydrogen-bond donors (Lipinski definition) is 0. The predicted molar refractivity (Wildman–Crippen MR) is 74.3 cm³/mol. The van der Waals surface area contributed by atoms with Gasteiger partial charge in [-0.25, -0.2) is 9.78 Å². The number of nitrogens with zero attached hydrogens (tertiary/aromatic N) is 2. The summed E-state index contributed by atoms with van der Waals surface area (Å²) < 4.78 is 10.5. The van der Waals surface area contributed by atoms with Crippen LogP contribution in [-0.4, -0.2) is 24.2 Å². The Labute approximate surface area is 121 Å². The van der Waals surface area contributed by atoms with Crippen LogP contribution in [0.5, 0.6) is 0 Å². The van der Waals surface area contributed by atoms with Crippen LogP contribution in [0.25, 0.3) is 0 Å². The largest absolute Gasteiger partial charge is 0.458 e. The number of esters is 1. The van der Waals surface area contributed by atoms with Crippen molar-refractivity contribution in [3.63, 3.8) is 0 Å².